The van der Waals surface area contributed by atoms with Crippen LogP contribution in [0.4, 0.5) is 16.3 Å². The van der Waals surface area contributed by atoms with Crippen molar-refractivity contribution in [3.05, 3.63) is 42.7 Å². The van der Waals surface area contributed by atoms with Gasteiger partial charge in [0.25, 0.3) is 0 Å². The van der Waals surface area contributed by atoms with Crippen molar-refractivity contribution in [1.82, 2.24) is 20.2 Å². The summed E-state index contributed by atoms with van der Waals surface area (Å²) in [5.74, 6) is 1.17. The van der Waals surface area contributed by atoms with E-state index >= 15 is 0 Å². The number of carbonyl (C=O) groups is 1. The normalized spacial score (nSPS) is 14.3. The number of rotatable bonds is 3. The van der Waals surface area contributed by atoms with Crippen LogP contribution in [0.3, 0.4) is 0 Å². The fourth-order valence-corrected chi connectivity index (χ4v) is 3.25. The smallest absolute Gasteiger partial charge is 0.391 e. The number of piperazine rings is 1. The Kier molecular flexibility index (Phi) is 6.48. The number of amides is 1. The van der Waals surface area contributed by atoms with E-state index in [9.17, 15) is 4.79 Å². The highest BCUT2D eigenvalue weighted by Gasteiger charge is 2.23. The maximum absolute atomic E-state index is 12.4. The summed E-state index contributed by atoms with van der Waals surface area (Å²) in [6, 6.07) is 9.23. The lowest BCUT2D eigenvalue weighted by Crippen LogP contribution is -2.49. The number of ether oxygens (including phenoxy) is 1. The molecule has 0 spiro atoms. The van der Waals surface area contributed by atoms with Crippen molar-refractivity contribution in [2.45, 2.75) is 26.3 Å². The molecule has 3 rings (SSSR count). The highest BCUT2D eigenvalue weighted by molar-refractivity contribution is 7.80. The fourth-order valence-electron chi connectivity index (χ4n) is 2.83. The van der Waals surface area contributed by atoms with Crippen molar-refractivity contribution in [3.8, 4) is 5.88 Å². The molecule has 9 heteroatoms. The number of aromatic nitrogens is 2. The second-order valence-corrected chi connectivity index (χ2v) is 8.15. The van der Waals surface area contributed by atoms with Gasteiger partial charge in [0, 0.05) is 44.0 Å². The van der Waals surface area contributed by atoms with E-state index in [1.807, 2.05) is 39.0 Å². The molecule has 0 aromatic carbocycles. The quantitative estimate of drug-likeness (QED) is 0.742. The predicted molar refractivity (Wildman–Crippen MR) is 117 cm³/mol. The maximum atomic E-state index is 12.4. The van der Waals surface area contributed by atoms with Crippen molar-refractivity contribution in [1.29, 1.82) is 0 Å². The summed E-state index contributed by atoms with van der Waals surface area (Å²) in [5, 5.41) is 6.73. The van der Waals surface area contributed by atoms with Gasteiger partial charge in [-0.05, 0) is 51.2 Å². The molecule has 29 heavy (non-hydrogen) atoms. The number of anilines is 2. The van der Waals surface area contributed by atoms with Crippen LogP contribution in [0.2, 0.25) is 0 Å². The summed E-state index contributed by atoms with van der Waals surface area (Å²) in [6.45, 7) is 8.64. The van der Waals surface area contributed by atoms with Gasteiger partial charge in [-0.25, -0.2) is 14.8 Å². The van der Waals surface area contributed by atoms with E-state index in [2.05, 4.69) is 25.5 Å². The predicted octanol–water partition coefficient (Wildman–Crippen LogP) is 2.88. The number of pyridine rings is 2. The Hall–Kier alpha value is -2.94. The Morgan fingerprint density at radius 1 is 1.10 bits per heavy atom. The fraction of sp³-hybridized carbons (Fsp3) is 0.400. The van der Waals surface area contributed by atoms with Crippen molar-refractivity contribution in [2.75, 3.05) is 36.4 Å². The van der Waals surface area contributed by atoms with E-state index in [-0.39, 0.29) is 11.4 Å². The molecule has 154 valence electrons. The van der Waals surface area contributed by atoms with Gasteiger partial charge in [-0.2, -0.15) is 0 Å². The number of nitrogens with one attached hydrogen (secondary N) is 2. The Morgan fingerprint density at radius 2 is 1.86 bits per heavy atom. The van der Waals surface area contributed by atoms with Crippen LogP contribution >= 0.6 is 12.2 Å². The van der Waals surface area contributed by atoms with Crippen LogP contribution < -0.4 is 20.3 Å². The van der Waals surface area contributed by atoms with Crippen molar-refractivity contribution >= 4 is 34.9 Å². The van der Waals surface area contributed by atoms with Crippen LogP contribution in [0.5, 0.6) is 5.88 Å². The molecule has 0 radical (unpaired) electrons. The summed E-state index contributed by atoms with van der Waals surface area (Å²) in [6.07, 6.45) is 2.95. The van der Waals surface area contributed by atoms with Crippen molar-refractivity contribution < 1.29 is 9.53 Å². The van der Waals surface area contributed by atoms with E-state index in [1.54, 1.807) is 29.4 Å². The molecule has 0 aliphatic carbocycles. The summed E-state index contributed by atoms with van der Waals surface area (Å²) in [4.78, 5) is 24.8. The number of hydrogen-bond donors (Lipinski definition) is 2. The molecular weight excluding hydrogens is 388 g/mol. The highest BCUT2D eigenvalue weighted by atomic mass is 32.1. The minimum absolute atomic E-state index is 0.131. The highest BCUT2D eigenvalue weighted by Crippen LogP contribution is 2.16. The molecular formula is C20H26N6O2S. The first-order valence-corrected chi connectivity index (χ1v) is 9.89. The van der Waals surface area contributed by atoms with Gasteiger partial charge in [0.05, 0.1) is 11.9 Å². The zero-order valence-electron chi connectivity index (χ0n) is 16.9. The molecule has 2 aromatic heterocycles. The summed E-state index contributed by atoms with van der Waals surface area (Å²) in [5.41, 5.74) is 0.587. The lowest BCUT2D eigenvalue weighted by atomic mass is 10.1. The van der Waals surface area contributed by atoms with Crippen LogP contribution in [0.25, 0.3) is 0 Å². The lowest BCUT2D eigenvalue weighted by Gasteiger charge is -2.34. The van der Waals surface area contributed by atoms with E-state index in [0.717, 1.165) is 11.5 Å². The second-order valence-electron chi connectivity index (χ2n) is 7.74. The van der Waals surface area contributed by atoms with Crippen molar-refractivity contribution in [2.24, 2.45) is 0 Å². The van der Waals surface area contributed by atoms with E-state index in [4.69, 9.17) is 17.0 Å². The molecule has 1 fully saturated rings. The Morgan fingerprint density at radius 3 is 2.45 bits per heavy atom. The van der Waals surface area contributed by atoms with E-state index in [1.165, 1.54) is 0 Å². The maximum Gasteiger partial charge on any atom is 0.416 e. The molecule has 1 aliphatic rings. The van der Waals surface area contributed by atoms with Gasteiger partial charge in [0.1, 0.15) is 5.82 Å². The van der Waals surface area contributed by atoms with Gasteiger partial charge in [0.15, 0.2) is 5.11 Å². The van der Waals surface area contributed by atoms with Gasteiger partial charge >= 0.3 is 6.09 Å². The molecule has 0 saturated carbocycles. The van der Waals surface area contributed by atoms with Gasteiger partial charge < -0.3 is 25.2 Å². The minimum Gasteiger partial charge on any atom is -0.391 e. The second kappa shape index (κ2) is 9.04. The third kappa shape index (κ3) is 6.28. The molecule has 2 aromatic rings. The Bertz CT molecular complexity index is 830. The topological polar surface area (TPSA) is 82.6 Å². The van der Waals surface area contributed by atoms with Crippen LogP contribution in [0, 0.1) is 0 Å². The molecule has 0 bridgehead atoms. The SMILES string of the molecule is CC(C)(C)NC(=S)Nc1ccc(OC(=O)N2CCN(c3ccccn3)CC2)nc1. The molecule has 1 aliphatic heterocycles. The zero-order chi connectivity index (χ0) is 20.9. The van der Waals surface area contributed by atoms with Crippen LogP contribution in [-0.4, -0.2) is 57.8 Å². The monoisotopic (exact) mass is 414 g/mol. The van der Waals surface area contributed by atoms with Gasteiger partial charge in [-0.1, -0.05) is 6.07 Å². The molecule has 0 atom stereocenters. The van der Waals surface area contributed by atoms with E-state index in [0.29, 0.717) is 31.3 Å². The molecule has 1 amide bonds. The van der Waals surface area contributed by atoms with Gasteiger partial charge in [-0.15, -0.1) is 0 Å². The number of nitrogens with zero attached hydrogens (tertiary/aromatic N) is 4. The molecule has 3 heterocycles. The van der Waals surface area contributed by atoms with Crippen LogP contribution in [0.1, 0.15) is 20.8 Å². The largest absolute Gasteiger partial charge is 0.416 e. The zero-order valence-corrected chi connectivity index (χ0v) is 17.7. The third-order valence-electron chi connectivity index (χ3n) is 4.19. The number of thiocarbonyl (C=S) groups is 1. The first kappa shape index (κ1) is 20.8. The Labute approximate surface area is 176 Å². The molecule has 1 saturated heterocycles. The molecule has 8 nitrogen and oxygen atoms in total. The number of hydrogen-bond acceptors (Lipinski definition) is 6. The molecule has 0 unspecified atom stereocenters. The molecule has 2 N–H and O–H groups in total. The third-order valence-corrected chi connectivity index (χ3v) is 4.39. The minimum atomic E-state index is -0.399. The summed E-state index contributed by atoms with van der Waals surface area (Å²) >= 11 is 5.27. The van der Waals surface area contributed by atoms with Gasteiger partial charge in [0.2, 0.25) is 5.88 Å². The number of carbonyl (C=O) groups excluding carboxylic acids is 1. The summed E-state index contributed by atoms with van der Waals surface area (Å²) < 4.78 is 5.40. The first-order valence-electron chi connectivity index (χ1n) is 9.48. The van der Waals surface area contributed by atoms with Crippen LogP contribution in [-0.2, 0) is 0 Å². The lowest BCUT2D eigenvalue weighted by molar-refractivity contribution is 0.147. The first-order chi connectivity index (χ1) is 13.8. The van der Waals surface area contributed by atoms with Crippen molar-refractivity contribution in [3.63, 3.8) is 0 Å². The van der Waals surface area contributed by atoms with Crippen LogP contribution in [0.15, 0.2) is 42.7 Å². The Balaban J connectivity index is 1.48. The average molecular weight is 415 g/mol. The van der Waals surface area contributed by atoms with Gasteiger partial charge in [-0.3, -0.25) is 0 Å². The summed E-state index contributed by atoms with van der Waals surface area (Å²) in [7, 11) is 0. The van der Waals surface area contributed by atoms with E-state index < -0.39 is 6.09 Å². The average Bonchev–Trinajstić information content (AvgIpc) is 2.69. The standard InChI is InChI=1S/C20H26N6O2S/c1-20(2,3)24-18(29)23-15-7-8-17(22-14-15)28-19(27)26-12-10-25(11-13-26)16-6-4-5-9-21-16/h4-9,14H,10-13H2,1-3H3,(H2,23,24,29).